The fraction of sp³-hybridized carbons (Fsp3) is 0.167. The van der Waals surface area contributed by atoms with Gasteiger partial charge in [-0.15, -0.1) is 0 Å². The van der Waals surface area contributed by atoms with Gasteiger partial charge in [-0.1, -0.05) is 12.1 Å². The number of aryl methyl sites for hydroxylation is 2. The number of benzene rings is 2. The minimum atomic E-state index is -0.413. The van der Waals surface area contributed by atoms with E-state index in [4.69, 9.17) is 0 Å². The van der Waals surface area contributed by atoms with Crippen LogP contribution in [0.2, 0.25) is 0 Å². The number of carbonyl (C=O) groups is 2. The summed E-state index contributed by atoms with van der Waals surface area (Å²) in [6, 6.07) is 14.4. The molecule has 0 unspecified atom stereocenters. The van der Waals surface area contributed by atoms with E-state index in [0.717, 1.165) is 49.1 Å². The van der Waals surface area contributed by atoms with Crippen LogP contribution in [0.1, 0.15) is 28.1 Å². The van der Waals surface area contributed by atoms with Gasteiger partial charge in [-0.2, -0.15) is 0 Å². The highest BCUT2D eigenvalue weighted by molar-refractivity contribution is 14.1. The molecule has 0 atom stereocenters. The lowest BCUT2D eigenvalue weighted by Gasteiger charge is -2.13. The zero-order valence-corrected chi connectivity index (χ0v) is 21.1. The molecule has 0 bridgehead atoms. The Kier molecular flexibility index (Phi) is 6.44. The van der Waals surface area contributed by atoms with Gasteiger partial charge in [-0.3, -0.25) is 24.6 Å². The Morgan fingerprint density at radius 1 is 1.06 bits per heavy atom. The van der Waals surface area contributed by atoms with Crippen molar-refractivity contribution in [2.45, 2.75) is 27.3 Å². The van der Waals surface area contributed by atoms with Crippen molar-refractivity contribution in [2.75, 3.05) is 0 Å². The first kappa shape index (κ1) is 23.2. The van der Waals surface area contributed by atoms with Crippen LogP contribution in [0, 0.1) is 34.5 Å². The van der Waals surface area contributed by atoms with E-state index in [1.807, 2.05) is 55.7 Å². The molecule has 2 heterocycles. The normalized spacial score (nSPS) is 15.0. The third-order valence-corrected chi connectivity index (χ3v) is 7.14. The van der Waals surface area contributed by atoms with Gasteiger partial charge >= 0.3 is 0 Å². The molecular weight excluding hydrogens is 553 g/mol. The molecule has 1 aliphatic heterocycles. The van der Waals surface area contributed by atoms with E-state index >= 15 is 0 Å². The van der Waals surface area contributed by atoms with Crippen LogP contribution in [0.3, 0.4) is 0 Å². The number of nitro benzene ring substituents is 1. The van der Waals surface area contributed by atoms with Crippen LogP contribution >= 0.6 is 34.4 Å². The van der Waals surface area contributed by atoms with Gasteiger partial charge in [0.05, 0.1) is 16.4 Å². The molecule has 2 aromatic carbocycles. The first-order chi connectivity index (χ1) is 15.7. The van der Waals surface area contributed by atoms with E-state index < -0.39 is 4.92 Å². The molecule has 1 fully saturated rings. The number of halogens is 1. The third-order valence-electron chi connectivity index (χ3n) is 5.52. The maximum Gasteiger partial charge on any atom is 0.293 e. The maximum absolute atomic E-state index is 13.0. The quantitative estimate of drug-likeness (QED) is 0.158. The number of hydrogen-bond acceptors (Lipinski definition) is 5. The Morgan fingerprint density at radius 3 is 2.39 bits per heavy atom. The van der Waals surface area contributed by atoms with E-state index in [0.29, 0.717) is 4.91 Å². The summed E-state index contributed by atoms with van der Waals surface area (Å²) in [7, 11) is 0. The van der Waals surface area contributed by atoms with Gasteiger partial charge in [0, 0.05) is 32.8 Å². The van der Waals surface area contributed by atoms with E-state index in [-0.39, 0.29) is 23.4 Å². The molecular formula is C24H20IN3O4S. The lowest BCUT2D eigenvalue weighted by atomic mass is 10.1. The molecule has 0 spiro atoms. The van der Waals surface area contributed by atoms with Crippen molar-refractivity contribution in [3.05, 3.63) is 95.2 Å². The van der Waals surface area contributed by atoms with Crippen molar-refractivity contribution in [1.29, 1.82) is 0 Å². The summed E-state index contributed by atoms with van der Waals surface area (Å²) in [5.41, 5.74) is 5.18. The molecule has 0 saturated carbocycles. The molecule has 0 radical (unpaired) electrons. The van der Waals surface area contributed by atoms with Crippen molar-refractivity contribution in [3.63, 3.8) is 0 Å². The second kappa shape index (κ2) is 9.14. The van der Waals surface area contributed by atoms with Gasteiger partial charge in [-0.25, -0.2) is 0 Å². The summed E-state index contributed by atoms with van der Waals surface area (Å²) in [4.78, 5) is 37.8. The number of aromatic nitrogens is 1. The highest BCUT2D eigenvalue weighted by Gasteiger charge is 2.35. The van der Waals surface area contributed by atoms with Gasteiger partial charge < -0.3 is 4.57 Å². The van der Waals surface area contributed by atoms with Gasteiger partial charge in [0.25, 0.3) is 16.8 Å². The van der Waals surface area contributed by atoms with Crippen LogP contribution < -0.4 is 0 Å². The number of hydrogen-bond donors (Lipinski definition) is 0. The topological polar surface area (TPSA) is 85.4 Å². The summed E-state index contributed by atoms with van der Waals surface area (Å²) >= 11 is 3.15. The lowest BCUT2D eigenvalue weighted by Crippen LogP contribution is -2.27. The molecule has 0 aliphatic carbocycles. The zero-order valence-electron chi connectivity index (χ0n) is 18.2. The number of rotatable bonds is 5. The molecule has 1 aromatic heterocycles. The minimum Gasteiger partial charge on any atom is -0.318 e. The molecule has 1 saturated heterocycles. The van der Waals surface area contributed by atoms with Crippen molar-refractivity contribution in [3.8, 4) is 5.69 Å². The fourth-order valence-corrected chi connectivity index (χ4v) is 5.05. The number of imide groups is 1. The minimum absolute atomic E-state index is 0.0424. The van der Waals surface area contributed by atoms with Crippen LogP contribution in [-0.2, 0) is 11.3 Å². The molecule has 168 valence electrons. The molecule has 33 heavy (non-hydrogen) atoms. The smallest absolute Gasteiger partial charge is 0.293 e. The Bertz CT molecular complexity index is 1330. The SMILES string of the molecule is Cc1cc([N+](=O)[O-])ccc1-n1c(C)cc(/C=C2\SC(=O)N(Cc3ccc(I)cc3)C2=O)c1C. The van der Waals surface area contributed by atoms with Crippen molar-refractivity contribution < 1.29 is 14.5 Å². The highest BCUT2D eigenvalue weighted by Crippen LogP contribution is 2.35. The number of carbonyl (C=O) groups excluding carboxylic acids is 2. The predicted molar refractivity (Wildman–Crippen MR) is 137 cm³/mol. The number of amides is 2. The van der Waals surface area contributed by atoms with Crippen LogP contribution in [0.15, 0.2) is 53.4 Å². The Hall–Kier alpha value is -2.92. The van der Waals surface area contributed by atoms with Gasteiger partial charge in [0.2, 0.25) is 0 Å². The van der Waals surface area contributed by atoms with E-state index in [2.05, 4.69) is 22.6 Å². The average molecular weight is 573 g/mol. The second-order valence-corrected chi connectivity index (χ2v) is 10.0. The van der Waals surface area contributed by atoms with Crippen molar-refractivity contribution >= 4 is 57.3 Å². The van der Waals surface area contributed by atoms with Crippen LogP contribution in [0.4, 0.5) is 10.5 Å². The van der Waals surface area contributed by atoms with Crippen LogP contribution in [0.25, 0.3) is 11.8 Å². The Balaban J connectivity index is 1.64. The number of thioether (sulfide) groups is 1. The highest BCUT2D eigenvalue weighted by atomic mass is 127. The molecule has 0 N–H and O–H groups in total. The first-order valence-corrected chi connectivity index (χ1v) is 12.0. The number of non-ortho nitro benzene ring substituents is 1. The zero-order chi connectivity index (χ0) is 23.9. The summed E-state index contributed by atoms with van der Waals surface area (Å²) < 4.78 is 3.09. The summed E-state index contributed by atoms with van der Waals surface area (Å²) in [6.07, 6.45) is 1.75. The standard InChI is InChI=1S/C24H20IN3O4S/c1-14-10-20(28(31)32)8-9-21(14)27-15(2)11-18(16(27)3)12-22-23(29)26(24(30)33-22)13-17-4-6-19(25)7-5-17/h4-12H,13H2,1-3H3/b22-12-. The lowest BCUT2D eigenvalue weighted by molar-refractivity contribution is -0.384. The predicted octanol–water partition coefficient (Wildman–Crippen LogP) is 6.15. The van der Waals surface area contributed by atoms with Crippen molar-refractivity contribution in [2.24, 2.45) is 0 Å². The van der Waals surface area contributed by atoms with Crippen molar-refractivity contribution in [1.82, 2.24) is 9.47 Å². The largest absolute Gasteiger partial charge is 0.318 e. The molecule has 9 heteroatoms. The molecule has 4 rings (SSSR count). The van der Waals surface area contributed by atoms with E-state index in [1.165, 1.54) is 11.0 Å². The monoisotopic (exact) mass is 573 g/mol. The Morgan fingerprint density at radius 2 is 1.76 bits per heavy atom. The van der Waals surface area contributed by atoms with Gasteiger partial charge in [-0.05, 0) is 102 Å². The van der Waals surface area contributed by atoms with E-state index in [9.17, 15) is 19.7 Å². The molecule has 7 nitrogen and oxygen atoms in total. The third kappa shape index (κ3) is 4.60. The molecule has 3 aromatic rings. The number of nitro groups is 1. The maximum atomic E-state index is 13.0. The van der Waals surface area contributed by atoms with Crippen LogP contribution in [-0.4, -0.2) is 25.5 Å². The first-order valence-electron chi connectivity index (χ1n) is 10.1. The molecule has 1 aliphatic rings. The molecule has 2 amide bonds. The Labute approximate surface area is 208 Å². The van der Waals surface area contributed by atoms with E-state index in [1.54, 1.807) is 18.2 Å². The van der Waals surface area contributed by atoms with Crippen LogP contribution in [0.5, 0.6) is 0 Å². The van der Waals surface area contributed by atoms with Gasteiger partial charge in [0.1, 0.15) is 0 Å². The summed E-state index contributed by atoms with van der Waals surface area (Å²) in [5, 5.41) is 10.8. The second-order valence-electron chi connectivity index (χ2n) is 7.78. The summed E-state index contributed by atoms with van der Waals surface area (Å²) in [6.45, 7) is 5.93. The van der Waals surface area contributed by atoms with Gasteiger partial charge in [0.15, 0.2) is 0 Å². The average Bonchev–Trinajstić information content (AvgIpc) is 3.19. The fourth-order valence-electron chi connectivity index (χ4n) is 3.86. The number of nitrogens with zero attached hydrogens (tertiary/aromatic N) is 3. The summed E-state index contributed by atoms with van der Waals surface area (Å²) in [5.74, 6) is -0.306.